The van der Waals surface area contributed by atoms with Crippen LogP contribution in [0.25, 0.3) is 0 Å². The normalized spacial score (nSPS) is 12.5. The van der Waals surface area contributed by atoms with Crippen molar-refractivity contribution in [1.82, 2.24) is 0 Å². The number of rotatable bonds is 3. The fraction of sp³-hybridized carbons (Fsp3) is 0.300. The summed E-state index contributed by atoms with van der Waals surface area (Å²) in [6, 6.07) is 2.10. The van der Waals surface area contributed by atoms with Gasteiger partial charge in [-0.3, -0.25) is 4.79 Å². The molecule has 0 fully saturated rings. The van der Waals surface area contributed by atoms with Crippen molar-refractivity contribution in [3.8, 4) is 5.75 Å². The first-order chi connectivity index (χ1) is 6.93. The number of nitrogens with two attached hydrogens (primary N) is 1. The fourth-order valence-electron chi connectivity index (χ4n) is 1.26. The number of hydrogen-bond acceptors (Lipinski definition) is 3. The van der Waals surface area contributed by atoms with Gasteiger partial charge in [-0.2, -0.15) is 0 Å². The van der Waals surface area contributed by atoms with Crippen molar-refractivity contribution in [2.75, 3.05) is 0 Å². The Labute approximate surface area is 92.3 Å². The van der Waals surface area contributed by atoms with Crippen molar-refractivity contribution in [2.45, 2.75) is 19.4 Å². The predicted octanol–water partition coefficient (Wildman–Crippen LogP) is 1.31. The second-order valence-corrected chi connectivity index (χ2v) is 3.71. The Morgan fingerprint density at radius 1 is 1.60 bits per heavy atom. The van der Waals surface area contributed by atoms with Crippen molar-refractivity contribution < 1.29 is 15.0 Å². The molecule has 4 N–H and O–H groups in total. The Morgan fingerprint density at radius 3 is 2.73 bits per heavy atom. The summed E-state index contributed by atoms with van der Waals surface area (Å²) in [4.78, 5) is 10.6. The molecule has 0 saturated carbocycles. The lowest BCUT2D eigenvalue weighted by molar-refractivity contribution is -0.138. The van der Waals surface area contributed by atoms with Crippen LogP contribution in [0.1, 0.15) is 11.1 Å². The van der Waals surface area contributed by atoms with Crippen molar-refractivity contribution in [2.24, 2.45) is 5.73 Å². The van der Waals surface area contributed by atoms with Gasteiger partial charge in [0, 0.05) is 0 Å². The molecule has 1 atom stereocenters. The minimum Gasteiger partial charge on any atom is -0.506 e. The highest BCUT2D eigenvalue weighted by Crippen LogP contribution is 2.29. The van der Waals surface area contributed by atoms with Crippen LogP contribution in [0.3, 0.4) is 0 Å². The topological polar surface area (TPSA) is 83.6 Å². The molecule has 4 nitrogen and oxygen atoms in total. The van der Waals surface area contributed by atoms with E-state index in [1.807, 2.05) is 0 Å². The van der Waals surface area contributed by atoms with Gasteiger partial charge < -0.3 is 15.9 Å². The minimum atomic E-state index is -1.06. The maximum Gasteiger partial charge on any atom is 0.320 e. The van der Waals surface area contributed by atoms with Crippen LogP contribution in [0.15, 0.2) is 12.1 Å². The van der Waals surface area contributed by atoms with Crippen molar-refractivity contribution in [1.29, 1.82) is 0 Å². The molecule has 0 aliphatic rings. The molecule has 1 rings (SSSR count). The molecule has 82 valence electrons. The SMILES string of the molecule is Cc1c(C[C@H](N)C(=O)O)ccc(O)c1Cl. The van der Waals surface area contributed by atoms with Crippen LogP contribution in [-0.2, 0) is 11.2 Å². The van der Waals surface area contributed by atoms with Gasteiger partial charge in [0.1, 0.15) is 11.8 Å². The quantitative estimate of drug-likeness (QED) is 0.730. The number of carbonyl (C=O) groups is 1. The molecule has 0 aromatic heterocycles. The van der Waals surface area contributed by atoms with E-state index in [0.717, 1.165) is 5.56 Å². The van der Waals surface area contributed by atoms with Gasteiger partial charge in [-0.1, -0.05) is 17.7 Å². The Hall–Kier alpha value is -1.26. The summed E-state index contributed by atoms with van der Waals surface area (Å²) in [5.41, 5.74) is 6.79. The standard InChI is InChI=1S/C10H12ClNO3/c1-5-6(4-7(12)10(14)15)2-3-8(13)9(5)11/h2-3,7,13H,4,12H2,1H3,(H,14,15)/t7-/m0/s1. The van der Waals surface area contributed by atoms with Crippen LogP contribution in [0.4, 0.5) is 0 Å². The highest BCUT2D eigenvalue weighted by atomic mass is 35.5. The maximum absolute atomic E-state index is 10.6. The molecule has 5 heteroatoms. The molecule has 0 saturated heterocycles. The zero-order valence-electron chi connectivity index (χ0n) is 8.20. The van der Waals surface area contributed by atoms with E-state index in [2.05, 4.69) is 0 Å². The van der Waals surface area contributed by atoms with Gasteiger partial charge in [0.2, 0.25) is 0 Å². The monoisotopic (exact) mass is 229 g/mol. The maximum atomic E-state index is 10.6. The van der Waals surface area contributed by atoms with Gasteiger partial charge in [0.05, 0.1) is 5.02 Å². The number of carboxylic acids is 1. The molecule has 0 heterocycles. The van der Waals surface area contributed by atoms with Crippen LogP contribution in [0, 0.1) is 6.92 Å². The summed E-state index contributed by atoms with van der Waals surface area (Å²) < 4.78 is 0. The Kier molecular flexibility index (Phi) is 3.55. The van der Waals surface area contributed by atoms with Crippen LogP contribution in [-0.4, -0.2) is 22.2 Å². The molecule has 0 radical (unpaired) electrons. The number of aromatic hydroxyl groups is 1. The van der Waals surface area contributed by atoms with E-state index in [4.69, 9.17) is 22.4 Å². The molecule has 0 aliphatic carbocycles. The molecule has 0 aliphatic heterocycles. The molecule has 15 heavy (non-hydrogen) atoms. The summed E-state index contributed by atoms with van der Waals surface area (Å²) >= 11 is 5.81. The van der Waals surface area contributed by atoms with Gasteiger partial charge in [-0.25, -0.2) is 0 Å². The first kappa shape index (κ1) is 11.8. The minimum absolute atomic E-state index is 0.0122. The highest BCUT2D eigenvalue weighted by Gasteiger charge is 2.15. The zero-order valence-corrected chi connectivity index (χ0v) is 8.95. The largest absolute Gasteiger partial charge is 0.506 e. The van der Waals surface area contributed by atoms with E-state index < -0.39 is 12.0 Å². The van der Waals surface area contributed by atoms with Gasteiger partial charge in [-0.05, 0) is 30.5 Å². The summed E-state index contributed by atoms with van der Waals surface area (Å²) in [7, 11) is 0. The molecule has 1 aromatic carbocycles. The third-order valence-corrected chi connectivity index (χ3v) is 2.71. The Bertz CT molecular complexity index is 392. The average molecular weight is 230 g/mol. The highest BCUT2D eigenvalue weighted by molar-refractivity contribution is 6.32. The fourth-order valence-corrected chi connectivity index (χ4v) is 1.44. The number of carboxylic acid groups (broad SMARTS) is 1. The molecule has 0 amide bonds. The molecule has 0 spiro atoms. The van der Waals surface area contributed by atoms with Crippen LogP contribution in [0.5, 0.6) is 5.75 Å². The molecular formula is C10H12ClNO3. The molecule has 0 bridgehead atoms. The molecule has 1 aromatic rings. The third kappa shape index (κ3) is 2.61. The predicted molar refractivity (Wildman–Crippen MR) is 57.2 cm³/mol. The van der Waals surface area contributed by atoms with Gasteiger partial charge in [0.15, 0.2) is 0 Å². The van der Waals surface area contributed by atoms with E-state index in [-0.39, 0.29) is 17.2 Å². The van der Waals surface area contributed by atoms with E-state index in [1.165, 1.54) is 6.07 Å². The van der Waals surface area contributed by atoms with Crippen molar-refractivity contribution >= 4 is 17.6 Å². The Morgan fingerprint density at radius 2 is 2.20 bits per heavy atom. The number of hydrogen-bond donors (Lipinski definition) is 3. The smallest absolute Gasteiger partial charge is 0.320 e. The van der Waals surface area contributed by atoms with E-state index in [9.17, 15) is 9.90 Å². The lowest BCUT2D eigenvalue weighted by atomic mass is 10.0. The first-order valence-corrected chi connectivity index (χ1v) is 4.76. The third-order valence-electron chi connectivity index (χ3n) is 2.24. The molecular weight excluding hydrogens is 218 g/mol. The number of halogens is 1. The van der Waals surface area contributed by atoms with E-state index in [1.54, 1.807) is 13.0 Å². The summed E-state index contributed by atoms with van der Waals surface area (Å²) in [5, 5.41) is 18.2. The lowest BCUT2D eigenvalue weighted by Gasteiger charge is -2.11. The van der Waals surface area contributed by atoms with Crippen molar-refractivity contribution in [3.63, 3.8) is 0 Å². The van der Waals surface area contributed by atoms with Gasteiger partial charge >= 0.3 is 5.97 Å². The number of aliphatic carboxylic acids is 1. The average Bonchev–Trinajstić information content (AvgIpc) is 2.18. The summed E-state index contributed by atoms with van der Waals surface area (Å²) in [6.45, 7) is 1.71. The summed E-state index contributed by atoms with van der Waals surface area (Å²) in [6.07, 6.45) is 0.196. The van der Waals surface area contributed by atoms with Crippen LogP contribution < -0.4 is 5.73 Å². The summed E-state index contributed by atoms with van der Waals surface area (Å²) in [5.74, 6) is -1.07. The first-order valence-electron chi connectivity index (χ1n) is 4.38. The van der Waals surface area contributed by atoms with Crippen molar-refractivity contribution in [3.05, 3.63) is 28.3 Å². The number of benzene rings is 1. The van der Waals surface area contributed by atoms with Gasteiger partial charge in [-0.15, -0.1) is 0 Å². The van der Waals surface area contributed by atoms with E-state index >= 15 is 0 Å². The van der Waals surface area contributed by atoms with Gasteiger partial charge in [0.25, 0.3) is 0 Å². The number of phenolic OH excluding ortho intramolecular Hbond substituents is 1. The lowest BCUT2D eigenvalue weighted by Crippen LogP contribution is -2.32. The Balaban J connectivity index is 2.97. The second-order valence-electron chi connectivity index (χ2n) is 3.33. The van der Waals surface area contributed by atoms with Crippen LogP contribution >= 0.6 is 11.6 Å². The van der Waals surface area contributed by atoms with Crippen LogP contribution in [0.2, 0.25) is 5.02 Å². The van der Waals surface area contributed by atoms with E-state index in [0.29, 0.717) is 5.56 Å². The molecule has 0 unspecified atom stereocenters. The number of phenols is 1. The zero-order chi connectivity index (χ0) is 11.6. The second kappa shape index (κ2) is 4.51.